The number of likely N-dealkylation sites (N-methyl/N-ethyl adjacent to an activating group) is 1. The molecule has 2 atom stereocenters. The van der Waals surface area contributed by atoms with E-state index in [9.17, 15) is 14.4 Å². The van der Waals surface area contributed by atoms with Crippen LogP contribution in [-0.2, 0) is 25.7 Å². The number of carbonyl (C=O) groups is 3. The molecule has 11 heteroatoms. The second kappa shape index (κ2) is 16.8. The van der Waals surface area contributed by atoms with Gasteiger partial charge in [-0.15, -0.1) is 4.99 Å². The third kappa shape index (κ3) is 11.9. The van der Waals surface area contributed by atoms with E-state index < -0.39 is 49.1 Å². The van der Waals surface area contributed by atoms with E-state index in [1.54, 1.807) is 37.3 Å². The number of rotatable bonds is 3. The van der Waals surface area contributed by atoms with Gasteiger partial charge >= 0.3 is 12.1 Å². The predicted octanol–water partition coefficient (Wildman–Crippen LogP) is 3.34. The van der Waals surface area contributed by atoms with Gasteiger partial charge < -0.3 is 25.8 Å². The molecule has 1 aromatic rings. The Morgan fingerprint density at radius 1 is 1.13 bits per heavy atom. The molecule has 38 heavy (non-hydrogen) atoms. The molecule has 0 spiro atoms. The molecule has 0 fully saturated rings. The van der Waals surface area contributed by atoms with Gasteiger partial charge in [-0.2, -0.15) is 0 Å². The quantitative estimate of drug-likeness (QED) is 0.231. The number of cyclic esters (lactones) is 1. The van der Waals surface area contributed by atoms with Gasteiger partial charge in [0.1, 0.15) is 6.61 Å². The topological polar surface area (TPSA) is 162 Å². The number of aliphatic imine (C=N–C) groups is 2. The second-order valence-corrected chi connectivity index (χ2v) is 8.92. The summed E-state index contributed by atoms with van der Waals surface area (Å²) in [5.41, 5.74) is 11.7. The fourth-order valence-corrected chi connectivity index (χ4v) is 3.62. The molecule has 2 unspecified atom stereocenters. The van der Waals surface area contributed by atoms with E-state index in [0.717, 1.165) is 38.5 Å². The van der Waals surface area contributed by atoms with E-state index in [1.807, 2.05) is 0 Å². The fourth-order valence-electron chi connectivity index (χ4n) is 3.62. The SMILES string of the molecule is [2H]C([2H])([2H])N1/C(=N/C(=O)OCc2ccccc2)NC(=O)CCCCCC/C=C\CCCC(C)OC(=O)C1N=C(N)N. The van der Waals surface area contributed by atoms with Crippen molar-refractivity contribution in [2.45, 2.75) is 83.6 Å². The highest BCUT2D eigenvalue weighted by Crippen LogP contribution is 2.12. The van der Waals surface area contributed by atoms with Gasteiger partial charge in [0.25, 0.3) is 0 Å². The van der Waals surface area contributed by atoms with E-state index in [2.05, 4.69) is 27.5 Å². The Balaban J connectivity index is 2.46. The van der Waals surface area contributed by atoms with Gasteiger partial charge in [-0.25, -0.2) is 14.6 Å². The molecule has 11 nitrogen and oxygen atoms in total. The average Bonchev–Trinajstić information content (AvgIpc) is 2.89. The lowest BCUT2D eigenvalue weighted by Crippen LogP contribution is -2.51. The van der Waals surface area contributed by atoms with E-state index >= 15 is 0 Å². The molecule has 0 aliphatic carbocycles. The standard InChI is InChI=1S/C27H40N6O5/c1-20-15-11-8-6-4-3-5-7-9-14-18-22(34)30-26(33(2)23(24(35)38-20)31-25(28)29)32-27(36)37-19-21-16-12-10-13-17-21/h4,6,10,12-13,16-17,20,23H,3,5,7-9,11,14-15,18-19H2,1-2H3,(H4,28,29,31)(H,30,32,34,36)/b6-4-/i2D3. The molecule has 1 heterocycles. The first-order valence-corrected chi connectivity index (χ1v) is 12.8. The van der Waals surface area contributed by atoms with Crippen LogP contribution in [0.1, 0.15) is 74.4 Å². The lowest BCUT2D eigenvalue weighted by atomic mass is 10.1. The Bertz CT molecular complexity index is 1090. The fraction of sp³-hybridized carbons (Fsp3) is 0.519. The zero-order valence-corrected chi connectivity index (χ0v) is 21.8. The third-order valence-corrected chi connectivity index (χ3v) is 5.60. The zero-order valence-electron chi connectivity index (χ0n) is 24.8. The van der Waals surface area contributed by atoms with Crippen molar-refractivity contribution in [1.29, 1.82) is 0 Å². The van der Waals surface area contributed by atoms with Crippen molar-refractivity contribution < 1.29 is 28.0 Å². The van der Waals surface area contributed by atoms with E-state index in [0.29, 0.717) is 23.3 Å². The number of hydrogen-bond acceptors (Lipinski definition) is 6. The number of benzene rings is 1. The maximum absolute atomic E-state index is 13.2. The summed E-state index contributed by atoms with van der Waals surface area (Å²) in [6.45, 7) is -1.65. The molecule has 2 rings (SSSR count). The number of nitrogens with one attached hydrogen (secondary N) is 1. The van der Waals surface area contributed by atoms with Crippen LogP contribution in [0.4, 0.5) is 4.79 Å². The van der Waals surface area contributed by atoms with Gasteiger partial charge in [-0.1, -0.05) is 55.3 Å². The van der Waals surface area contributed by atoms with Gasteiger partial charge in [0, 0.05) is 17.5 Å². The minimum Gasteiger partial charge on any atom is -0.460 e. The molecule has 5 N–H and O–H groups in total. The molecule has 0 saturated carbocycles. The number of ether oxygens (including phenoxy) is 2. The van der Waals surface area contributed by atoms with Gasteiger partial charge in [0.15, 0.2) is 5.96 Å². The van der Waals surface area contributed by atoms with Crippen LogP contribution >= 0.6 is 0 Å². The van der Waals surface area contributed by atoms with Crippen LogP contribution in [-0.4, -0.2) is 54.0 Å². The summed E-state index contributed by atoms with van der Waals surface area (Å²) in [6.07, 6.45) is 6.56. The lowest BCUT2D eigenvalue weighted by molar-refractivity contribution is -0.153. The highest BCUT2D eigenvalue weighted by Gasteiger charge is 2.30. The molecule has 0 radical (unpaired) electrons. The Morgan fingerprint density at radius 3 is 2.55 bits per heavy atom. The molecule has 0 saturated heterocycles. The summed E-state index contributed by atoms with van der Waals surface area (Å²) in [4.78, 5) is 46.7. The number of allylic oxidation sites excluding steroid dienone is 2. The lowest BCUT2D eigenvalue weighted by Gasteiger charge is -2.27. The van der Waals surface area contributed by atoms with Crippen LogP contribution in [0.2, 0.25) is 0 Å². The number of hydrogen-bond donors (Lipinski definition) is 3. The Labute approximate surface area is 228 Å². The van der Waals surface area contributed by atoms with Crippen LogP contribution < -0.4 is 16.8 Å². The van der Waals surface area contributed by atoms with Gasteiger partial charge in [0.2, 0.25) is 18.0 Å². The molecule has 1 aromatic carbocycles. The number of nitrogens with two attached hydrogens (primary N) is 2. The van der Waals surface area contributed by atoms with Crippen LogP contribution in [0, 0.1) is 0 Å². The summed E-state index contributed by atoms with van der Waals surface area (Å²) in [5.74, 6) is -3.10. The van der Waals surface area contributed by atoms with Crippen LogP contribution in [0.15, 0.2) is 52.5 Å². The number of amides is 2. The summed E-state index contributed by atoms with van der Waals surface area (Å²) in [7, 11) is 0. The number of carbonyl (C=O) groups excluding carboxylic acids is 3. The molecule has 1 aliphatic rings. The number of guanidine groups is 2. The summed E-state index contributed by atoms with van der Waals surface area (Å²) in [6, 6.07) is 8.73. The first-order chi connectivity index (χ1) is 19.5. The zero-order chi connectivity index (χ0) is 30.3. The highest BCUT2D eigenvalue weighted by molar-refractivity contribution is 6.02. The summed E-state index contributed by atoms with van der Waals surface area (Å²) in [5, 5.41) is 2.36. The first kappa shape index (κ1) is 25.7. The third-order valence-electron chi connectivity index (χ3n) is 5.60. The van der Waals surface area contributed by atoms with E-state index in [1.165, 1.54) is 0 Å². The van der Waals surface area contributed by atoms with Crippen molar-refractivity contribution in [2.75, 3.05) is 6.98 Å². The van der Waals surface area contributed by atoms with Gasteiger partial charge in [0.05, 0.1) is 6.10 Å². The van der Waals surface area contributed by atoms with Crippen LogP contribution in [0.25, 0.3) is 0 Å². The van der Waals surface area contributed by atoms with Gasteiger partial charge in [-0.3, -0.25) is 10.1 Å². The molecular weight excluding hydrogens is 488 g/mol. The smallest absolute Gasteiger partial charge is 0.437 e. The van der Waals surface area contributed by atoms with Crippen molar-refractivity contribution in [3.05, 3.63) is 48.0 Å². The molecule has 0 bridgehead atoms. The Hall–Kier alpha value is -3.89. The van der Waals surface area contributed by atoms with Gasteiger partial charge in [-0.05, 0) is 51.0 Å². The monoisotopic (exact) mass is 531 g/mol. The van der Waals surface area contributed by atoms with Crippen molar-refractivity contribution >= 4 is 29.9 Å². The molecular formula is C27H40N6O5. The van der Waals surface area contributed by atoms with Crippen molar-refractivity contribution in [3.63, 3.8) is 0 Å². The van der Waals surface area contributed by atoms with Crippen molar-refractivity contribution in [3.8, 4) is 0 Å². The van der Waals surface area contributed by atoms with Crippen molar-refractivity contribution in [1.82, 2.24) is 10.2 Å². The molecule has 1 aliphatic heterocycles. The number of esters is 1. The first-order valence-electron chi connectivity index (χ1n) is 14.3. The number of nitrogens with zero attached hydrogens (tertiary/aromatic N) is 3. The maximum Gasteiger partial charge on any atom is 0.437 e. The summed E-state index contributed by atoms with van der Waals surface area (Å²) < 4.78 is 35.1. The molecule has 208 valence electrons. The minimum atomic E-state index is -3.15. The maximum atomic E-state index is 13.2. The Morgan fingerprint density at radius 2 is 1.84 bits per heavy atom. The normalized spacial score (nSPS) is 24.2. The van der Waals surface area contributed by atoms with Crippen LogP contribution in [0.3, 0.4) is 0 Å². The molecule has 0 aromatic heterocycles. The summed E-state index contributed by atoms with van der Waals surface area (Å²) >= 11 is 0. The predicted molar refractivity (Wildman–Crippen MR) is 146 cm³/mol. The Kier molecular flexibility index (Phi) is 11.4. The van der Waals surface area contributed by atoms with Crippen LogP contribution in [0.5, 0.6) is 0 Å². The molecule has 2 amide bonds. The van der Waals surface area contributed by atoms with E-state index in [4.69, 9.17) is 25.1 Å². The van der Waals surface area contributed by atoms with Crippen molar-refractivity contribution in [2.24, 2.45) is 21.5 Å². The highest BCUT2D eigenvalue weighted by atomic mass is 16.6. The average molecular weight is 532 g/mol. The second-order valence-electron chi connectivity index (χ2n) is 8.92. The van der Waals surface area contributed by atoms with E-state index in [-0.39, 0.29) is 13.0 Å². The minimum absolute atomic E-state index is 0.0250. The largest absolute Gasteiger partial charge is 0.460 e.